The summed E-state index contributed by atoms with van der Waals surface area (Å²) in [7, 11) is 4.19. The van der Waals surface area contributed by atoms with Crippen LogP contribution in [0.2, 0.25) is 0 Å². The van der Waals surface area contributed by atoms with Gasteiger partial charge in [0.2, 0.25) is 0 Å². The molecule has 108 valence electrons. The lowest BCUT2D eigenvalue weighted by Crippen LogP contribution is -2.55. The minimum Gasteiger partial charge on any atom is -0.393 e. The Kier molecular flexibility index (Phi) is 2.69. The number of hydrogen-bond acceptors (Lipinski definition) is 2. The first-order valence-electron chi connectivity index (χ1n) is 8.03. The van der Waals surface area contributed by atoms with Crippen molar-refractivity contribution < 1.29 is 5.11 Å². The summed E-state index contributed by atoms with van der Waals surface area (Å²) < 4.78 is 0. The molecule has 5 rings (SSSR count). The van der Waals surface area contributed by atoms with Crippen LogP contribution >= 0.6 is 0 Å². The average Bonchev–Trinajstić information content (AvgIpc) is 2.44. The van der Waals surface area contributed by atoms with Gasteiger partial charge in [-0.05, 0) is 73.0 Å². The van der Waals surface area contributed by atoms with Crippen LogP contribution in [-0.4, -0.2) is 25.3 Å². The Hall–Kier alpha value is -1.02. The molecule has 0 amide bonds. The van der Waals surface area contributed by atoms with Gasteiger partial charge in [-0.15, -0.1) is 0 Å². The Morgan fingerprint density at radius 3 is 2.15 bits per heavy atom. The Morgan fingerprint density at radius 1 is 1.00 bits per heavy atom. The van der Waals surface area contributed by atoms with Crippen molar-refractivity contribution in [3.8, 4) is 0 Å². The molecule has 4 bridgehead atoms. The zero-order valence-corrected chi connectivity index (χ0v) is 12.5. The summed E-state index contributed by atoms with van der Waals surface area (Å²) in [5, 5.41) is 10.4. The SMILES string of the molecule is CN(C)c1ccc(C23CC4C[C@H](C2)C(O)[C@@H](C4)C3)cc1. The molecule has 1 aromatic rings. The maximum absolute atomic E-state index is 10.4. The highest BCUT2D eigenvalue weighted by Crippen LogP contribution is 2.60. The van der Waals surface area contributed by atoms with Gasteiger partial charge in [-0.25, -0.2) is 0 Å². The van der Waals surface area contributed by atoms with Crippen molar-refractivity contribution in [3.63, 3.8) is 0 Å². The number of anilines is 1. The number of hydrogen-bond donors (Lipinski definition) is 1. The Labute approximate surface area is 121 Å². The van der Waals surface area contributed by atoms with E-state index in [0.717, 1.165) is 5.92 Å². The van der Waals surface area contributed by atoms with Gasteiger partial charge in [0.25, 0.3) is 0 Å². The van der Waals surface area contributed by atoms with Crippen molar-refractivity contribution in [3.05, 3.63) is 29.8 Å². The number of aliphatic hydroxyl groups is 1. The molecule has 3 unspecified atom stereocenters. The van der Waals surface area contributed by atoms with Crippen LogP contribution < -0.4 is 4.90 Å². The first kappa shape index (κ1) is 12.7. The summed E-state index contributed by atoms with van der Waals surface area (Å²) in [6, 6.07) is 9.19. The summed E-state index contributed by atoms with van der Waals surface area (Å²) in [6.07, 6.45) is 6.31. The van der Waals surface area contributed by atoms with E-state index >= 15 is 0 Å². The quantitative estimate of drug-likeness (QED) is 0.893. The van der Waals surface area contributed by atoms with Crippen molar-refractivity contribution in [2.75, 3.05) is 19.0 Å². The molecule has 4 saturated carbocycles. The normalized spacial score (nSPS) is 42.0. The molecule has 0 saturated heterocycles. The predicted molar refractivity (Wildman–Crippen MR) is 82.0 cm³/mol. The molecule has 2 nitrogen and oxygen atoms in total. The largest absolute Gasteiger partial charge is 0.393 e. The predicted octanol–water partition coefficient (Wildman–Crippen LogP) is 3.19. The van der Waals surface area contributed by atoms with Gasteiger partial charge in [0, 0.05) is 19.8 Å². The molecule has 0 radical (unpaired) electrons. The summed E-state index contributed by atoms with van der Waals surface area (Å²) in [5.41, 5.74) is 3.17. The fourth-order valence-electron chi connectivity index (χ4n) is 5.46. The summed E-state index contributed by atoms with van der Waals surface area (Å²) in [5.74, 6) is 1.99. The van der Waals surface area contributed by atoms with Crippen LogP contribution in [0.5, 0.6) is 0 Å². The number of aliphatic hydroxyl groups excluding tert-OH is 1. The fraction of sp³-hybridized carbons (Fsp3) is 0.667. The topological polar surface area (TPSA) is 23.5 Å². The Bertz CT molecular complexity index is 491. The molecule has 0 aromatic heterocycles. The van der Waals surface area contributed by atoms with E-state index in [-0.39, 0.29) is 6.10 Å². The Morgan fingerprint density at radius 2 is 1.60 bits per heavy atom. The van der Waals surface area contributed by atoms with Crippen LogP contribution in [0.1, 0.15) is 37.7 Å². The molecular weight excluding hydrogens is 246 g/mol. The van der Waals surface area contributed by atoms with E-state index in [1.54, 1.807) is 0 Å². The summed E-state index contributed by atoms with van der Waals surface area (Å²) >= 11 is 0. The smallest absolute Gasteiger partial charge is 0.0597 e. The molecule has 5 atom stereocenters. The Balaban J connectivity index is 1.68. The molecule has 0 heterocycles. The highest BCUT2D eigenvalue weighted by Gasteiger charge is 2.55. The third kappa shape index (κ3) is 1.74. The third-order valence-corrected chi connectivity index (χ3v) is 6.22. The molecular formula is C18H25NO. The second kappa shape index (κ2) is 4.24. The van der Waals surface area contributed by atoms with Crippen LogP contribution in [0, 0.1) is 17.8 Å². The van der Waals surface area contributed by atoms with E-state index in [1.165, 1.54) is 43.4 Å². The van der Waals surface area contributed by atoms with Crippen LogP contribution in [-0.2, 0) is 5.41 Å². The van der Waals surface area contributed by atoms with Gasteiger partial charge < -0.3 is 10.0 Å². The average molecular weight is 271 g/mol. The fourth-order valence-corrected chi connectivity index (χ4v) is 5.46. The van der Waals surface area contributed by atoms with Crippen molar-refractivity contribution >= 4 is 5.69 Å². The van der Waals surface area contributed by atoms with Gasteiger partial charge in [-0.1, -0.05) is 12.1 Å². The molecule has 1 N–H and O–H groups in total. The van der Waals surface area contributed by atoms with E-state index in [4.69, 9.17) is 0 Å². The van der Waals surface area contributed by atoms with Crippen molar-refractivity contribution in [1.82, 2.24) is 0 Å². The lowest BCUT2D eigenvalue weighted by molar-refractivity contribution is -0.106. The molecule has 1 aromatic carbocycles. The summed E-state index contributed by atoms with van der Waals surface area (Å²) in [6.45, 7) is 0. The second-order valence-corrected chi connectivity index (χ2v) is 7.68. The lowest BCUT2D eigenvalue weighted by atomic mass is 9.47. The van der Waals surface area contributed by atoms with Crippen molar-refractivity contribution in [1.29, 1.82) is 0 Å². The third-order valence-electron chi connectivity index (χ3n) is 6.22. The first-order chi connectivity index (χ1) is 9.57. The van der Waals surface area contributed by atoms with Crippen LogP contribution in [0.4, 0.5) is 5.69 Å². The van der Waals surface area contributed by atoms with E-state index in [1.807, 2.05) is 0 Å². The molecule has 0 spiro atoms. The monoisotopic (exact) mass is 271 g/mol. The first-order valence-corrected chi connectivity index (χ1v) is 8.03. The number of nitrogens with zero attached hydrogens (tertiary/aromatic N) is 1. The number of benzene rings is 1. The molecule has 4 aliphatic carbocycles. The second-order valence-electron chi connectivity index (χ2n) is 7.68. The molecule has 20 heavy (non-hydrogen) atoms. The van der Waals surface area contributed by atoms with Gasteiger partial charge in [0.1, 0.15) is 0 Å². The zero-order chi connectivity index (χ0) is 13.9. The van der Waals surface area contributed by atoms with Gasteiger partial charge >= 0.3 is 0 Å². The van der Waals surface area contributed by atoms with Crippen LogP contribution in [0.15, 0.2) is 24.3 Å². The highest BCUT2D eigenvalue weighted by molar-refractivity contribution is 5.47. The van der Waals surface area contributed by atoms with Gasteiger partial charge in [0.05, 0.1) is 6.10 Å². The maximum atomic E-state index is 10.4. The summed E-state index contributed by atoms with van der Waals surface area (Å²) in [4.78, 5) is 2.16. The van der Waals surface area contributed by atoms with Gasteiger partial charge in [-0.3, -0.25) is 0 Å². The molecule has 0 aliphatic heterocycles. The minimum absolute atomic E-state index is 0.0132. The molecule has 4 fully saturated rings. The van der Waals surface area contributed by atoms with E-state index in [0.29, 0.717) is 17.3 Å². The molecule has 2 heteroatoms. The van der Waals surface area contributed by atoms with Crippen LogP contribution in [0.3, 0.4) is 0 Å². The van der Waals surface area contributed by atoms with E-state index in [2.05, 4.69) is 43.3 Å². The van der Waals surface area contributed by atoms with Crippen LogP contribution in [0.25, 0.3) is 0 Å². The van der Waals surface area contributed by atoms with Crippen molar-refractivity contribution in [2.24, 2.45) is 17.8 Å². The zero-order valence-electron chi connectivity index (χ0n) is 12.5. The molecule has 4 aliphatic rings. The van der Waals surface area contributed by atoms with E-state index in [9.17, 15) is 5.11 Å². The lowest BCUT2D eigenvalue weighted by Gasteiger charge is -2.59. The maximum Gasteiger partial charge on any atom is 0.0597 e. The van der Waals surface area contributed by atoms with Gasteiger partial charge in [0.15, 0.2) is 0 Å². The minimum atomic E-state index is -0.0132. The standard InChI is InChI=1S/C18H25NO/c1-19(2)16-5-3-15(4-6-16)18-9-12-7-13(10-18)17(20)14(8-12)11-18/h3-6,12-14,17,20H,7-11H2,1-2H3/t12?,13-,14+,17?,18?. The number of rotatable bonds is 2. The van der Waals surface area contributed by atoms with E-state index < -0.39 is 0 Å². The van der Waals surface area contributed by atoms with Gasteiger partial charge in [-0.2, -0.15) is 0 Å². The van der Waals surface area contributed by atoms with Crippen molar-refractivity contribution in [2.45, 2.75) is 43.6 Å². The highest BCUT2D eigenvalue weighted by atomic mass is 16.3.